The van der Waals surface area contributed by atoms with Gasteiger partial charge in [0.25, 0.3) is 0 Å². The minimum absolute atomic E-state index is 0.0211. The number of hydrogen-bond acceptors (Lipinski definition) is 11. The number of carboxylic acid groups (broad SMARTS) is 1. The molecule has 0 bridgehead atoms. The lowest BCUT2D eigenvalue weighted by molar-refractivity contribution is -0.271. The number of aromatic hydroxyl groups is 2. The number of carbonyl (C=O) groups is 1. The van der Waals surface area contributed by atoms with Crippen LogP contribution in [0.5, 0.6) is 23.0 Å². The van der Waals surface area contributed by atoms with Gasteiger partial charge in [-0.25, -0.2) is 4.79 Å². The third kappa shape index (κ3) is 7.24. The van der Waals surface area contributed by atoms with Gasteiger partial charge in [0.2, 0.25) is 6.29 Å². The zero-order valence-corrected chi connectivity index (χ0v) is 21.2. The van der Waals surface area contributed by atoms with Gasteiger partial charge >= 0.3 is 16.4 Å². The molecular weight excluding hydrogens is 528 g/mol. The lowest BCUT2D eigenvalue weighted by atomic mass is 9.85. The van der Waals surface area contributed by atoms with Crippen molar-refractivity contribution in [1.29, 1.82) is 0 Å². The molecule has 0 amide bonds. The van der Waals surface area contributed by atoms with Crippen LogP contribution in [0.15, 0.2) is 36.4 Å². The predicted octanol–water partition coefficient (Wildman–Crippen LogP) is 0.608. The number of phenols is 2. The summed E-state index contributed by atoms with van der Waals surface area (Å²) in [4.78, 5) is 11.3. The smallest absolute Gasteiger partial charge is 0.446 e. The van der Waals surface area contributed by atoms with Gasteiger partial charge in [0.1, 0.15) is 18.3 Å². The molecule has 0 spiro atoms. The van der Waals surface area contributed by atoms with Gasteiger partial charge in [-0.05, 0) is 60.1 Å². The number of carboxylic acids is 1. The van der Waals surface area contributed by atoms with E-state index < -0.39 is 58.6 Å². The lowest BCUT2D eigenvalue weighted by Gasteiger charge is -2.38. The summed E-state index contributed by atoms with van der Waals surface area (Å²) in [5.74, 6) is -2.83. The van der Waals surface area contributed by atoms with Crippen LogP contribution in [-0.4, -0.2) is 80.3 Å². The molecule has 0 unspecified atom stereocenters. The van der Waals surface area contributed by atoms with Gasteiger partial charge in [-0.15, -0.1) is 0 Å². The number of phenolic OH excluding ortho intramolecular Hbond substituents is 2. The van der Waals surface area contributed by atoms with Gasteiger partial charge in [0.05, 0.1) is 0 Å². The maximum absolute atomic E-state index is 11.3. The zero-order chi connectivity index (χ0) is 28.4. The molecule has 1 aliphatic heterocycles. The van der Waals surface area contributed by atoms with Crippen LogP contribution in [0.25, 0.3) is 0 Å². The lowest BCUT2D eigenvalue weighted by Crippen LogP contribution is -2.61. The minimum atomic E-state index is -4.81. The number of aliphatic hydroxyl groups is 3. The van der Waals surface area contributed by atoms with E-state index in [-0.39, 0.29) is 23.3 Å². The van der Waals surface area contributed by atoms with E-state index in [1.807, 2.05) is 13.8 Å². The summed E-state index contributed by atoms with van der Waals surface area (Å²) in [6.45, 7) is 3.90. The Bertz CT molecular complexity index is 1250. The summed E-state index contributed by atoms with van der Waals surface area (Å²) in [5.41, 5.74) is 1.35. The van der Waals surface area contributed by atoms with E-state index >= 15 is 0 Å². The highest BCUT2D eigenvalue weighted by Crippen LogP contribution is 2.34. The van der Waals surface area contributed by atoms with Gasteiger partial charge in [-0.1, -0.05) is 26.0 Å². The highest BCUT2D eigenvalue weighted by Gasteiger charge is 2.48. The van der Waals surface area contributed by atoms with Crippen LogP contribution in [0.3, 0.4) is 0 Å². The molecule has 0 aliphatic carbocycles. The average molecular weight is 559 g/mol. The van der Waals surface area contributed by atoms with Crippen molar-refractivity contribution in [3.63, 3.8) is 0 Å². The topological polar surface area (TPSA) is 221 Å². The highest BCUT2D eigenvalue weighted by atomic mass is 32.3. The van der Waals surface area contributed by atoms with Crippen molar-refractivity contribution in [2.24, 2.45) is 11.8 Å². The van der Waals surface area contributed by atoms with Crippen LogP contribution in [0, 0.1) is 11.8 Å². The van der Waals surface area contributed by atoms with Crippen LogP contribution in [0.4, 0.5) is 0 Å². The highest BCUT2D eigenvalue weighted by molar-refractivity contribution is 7.81. The Balaban J connectivity index is 1.69. The van der Waals surface area contributed by atoms with Crippen LogP contribution < -0.4 is 8.92 Å². The van der Waals surface area contributed by atoms with Gasteiger partial charge in [-0.2, -0.15) is 8.42 Å². The molecule has 3 rings (SSSR count). The Morgan fingerprint density at radius 3 is 1.89 bits per heavy atom. The largest absolute Gasteiger partial charge is 0.504 e. The summed E-state index contributed by atoms with van der Waals surface area (Å²) in [6, 6.07) is 8.61. The molecule has 1 saturated heterocycles. The molecule has 0 aromatic heterocycles. The molecule has 0 saturated carbocycles. The Kier molecular flexibility index (Phi) is 9.07. The van der Waals surface area contributed by atoms with E-state index in [9.17, 15) is 43.9 Å². The Morgan fingerprint density at radius 2 is 1.39 bits per heavy atom. The quantitative estimate of drug-likeness (QED) is 0.199. The maximum atomic E-state index is 11.3. The standard InChI is InChI=1S/C24H30O13S/c1-11(12(2)8-14-4-6-16(26)18(10-14)37-38(32,33)34)7-13-3-5-15(25)17(9-13)35-24-21(29)19(27)20(28)22(36-24)23(30)31/h3-6,9-12,19-22,24-29H,7-8H2,1-2H3,(H,30,31)(H,32,33,34)/t11-,12+,19+,20+,21-,22+,24-/m0/s1. The first-order chi connectivity index (χ1) is 17.7. The second-order valence-electron chi connectivity index (χ2n) is 9.33. The van der Waals surface area contributed by atoms with E-state index in [2.05, 4.69) is 4.18 Å². The Morgan fingerprint density at radius 1 is 0.895 bits per heavy atom. The van der Waals surface area contributed by atoms with Crippen molar-refractivity contribution in [3.8, 4) is 23.0 Å². The first kappa shape index (κ1) is 29.4. The molecule has 2 aromatic rings. The molecule has 1 aliphatic rings. The van der Waals surface area contributed by atoms with E-state index in [0.717, 1.165) is 0 Å². The van der Waals surface area contributed by atoms with E-state index in [0.29, 0.717) is 24.0 Å². The van der Waals surface area contributed by atoms with E-state index in [4.69, 9.17) is 14.0 Å². The van der Waals surface area contributed by atoms with Crippen molar-refractivity contribution < 1.29 is 62.1 Å². The second-order valence-corrected chi connectivity index (χ2v) is 10.4. The third-order valence-corrected chi connectivity index (χ3v) is 6.78. The van der Waals surface area contributed by atoms with Gasteiger partial charge in [0, 0.05) is 0 Å². The molecule has 210 valence electrons. The monoisotopic (exact) mass is 558 g/mol. The van der Waals surface area contributed by atoms with E-state index in [1.54, 1.807) is 12.1 Å². The molecule has 13 nitrogen and oxygen atoms in total. The molecule has 2 aromatic carbocycles. The SMILES string of the molecule is C[C@H](Cc1ccc(O)c(OS(=O)(=O)O)c1)[C@@H](C)Cc1ccc(O)c(O[C@H]2O[C@@H](C(=O)O)[C@H](O)[C@@H](O)[C@@H]2O)c1. The Hall–Kier alpha value is -3.14. The first-order valence-electron chi connectivity index (χ1n) is 11.6. The first-order valence-corrected chi connectivity index (χ1v) is 12.9. The number of aliphatic hydroxyl groups excluding tert-OH is 3. The number of hydrogen-bond donors (Lipinski definition) is 7. The fourth-order valence-electron chi connectivity index (χ4n) is 4.07. The van der Waals surface area contributed by atoms with Crippen molar-refractivity contribution in [3.05, 3.63) is 47.5 Å². The van der Waals surface area contributed by atoms with Gasteiger partial charge in [0.15, 0.2) is 29.1 Å². The van der Waals surface area contributed by atoms with E-state index in [1.165, 1.54) is 24.3 Å². The molecular formula is C24H30O13S. The van der Waals surface area contributed by atoms with Gasteiger partial charge in [-0.3, -0.25) is 4.55 Å². The normalized spacial score (nSPS) is 25.4. The molecule has 1 fully saturated rings. The second kappa shape index (κ2) is 11.7. The number of aliphatic carboxylic acids is 1. The van der Waals surface area contributed by atoms with Crippen molar-refractivity contribution in [1.82, 2.24) is 0 Å². The van der Waals surface area contributed by atoms with Crippen molar-refractivity contribution >= 4 is 16.4 Å². The molecule has 7 N–H and O–H groups in total. The fourth-order valence-corrected chi connectivity index (χ4v) is 4.43. The van der Waals surface area contributed by atoms with Crippen LogP contribution >= 0.6 is 0 Å². The van der Waals surface area contributed by atoms with Crippen molar-refractivity contribution in [2.75, 3.05) is 0 Å². The summed E-state index contributed by atoms with van der Waals surface area (Å²) in [6.07, 6.45) is -8.12. The average Bonchev–Trinajstić information content (AvgIpc) is 2.82. The van der Waals surface area contributed by atoms with Crippen LogP contribution in [-0.2, 0) is 32.8 Å². The van der Waals surface area contributed by atoms with Crippen LogP contribution in [0.1, 0.15) is 25.0 Å². The molecule has 14 heteroatoms. The third-order valence-electron chi connectivity index (χ3n) is 6.39. The summed E-state index contributed by atoms with van der Waals surface area (Å²) < 4.78 is 45.8. The van der Waals surface area contributed by atoms with Crippen LogP contribution in [0.2, 0.25) is 0 Å². The zero-order valence-electron chi connectivity index (χ0n) is 20.4. The number of rotatable bonds is 10. The summed E-state index contributed by atoms with van der Waals surface area (Å²) in [5, 5.41) is 59.2. The molecule has 38 heavy (non-hydrogen) atoms. The fraction of sp³-hybridized carbons (Fsp3) is 0.458. The molecule has 1 heterocycles. The van der Waals surface area contributed by atoms with Gasteiger partial charge < -0.3 is 44.3 Å². The predicted molar refractivity (Wildman–Crippen MR) is 129 cm³/mol. The van der Waals surface area contributed by atoms with Crippen molar-refractivity contribution in [2.45, 2.75) is 57.4 Å². The summed E-state index contributed by atoms with van der Waals surface area (Å²) in [7, 11) is -4.81. The summed E-state index contributed by atoms with van der Waals surface area (Å²) >= 11 is 0. The molecule has 0 radical (unpaired) electrons. The number of benzene rings is 2. The minimum Gasteiger partial charge on any atom is -0.504 e. The number of ether oxygens (including phenoxy) is 2. The maximum Gasteiger partial charge on any atom is 0.446 e. The molecule has 7 atom stereocenters. The Labute approximate surface area is 218 Å².